The normalized spacial score (nSPS) is 18.3. The van der Waals surface area contributed by atoms with Crippen LogP contribution in [0.1, 0.15) is 11.1 Å². The van der Waals surface area contributed by atoms with Crippen molar-refractivity contribution >= 4 is 55.7 Å². The molecule has 0 saturated carbocycles. The largest absolute Gasteiger partial charge is 0.283 e. The molecule has 2 aliphatic rings. The highest BCUT2D eigenvalue weighted by molar-refractivity contribution is 9.10. The van der Waals surface area contributed by atoms with E-state index in [0.29, 0.717) is 5.17 Å². The first-order valence-electron chi connectivity index (χ1n) is 7.43. The van der Waals surface area contributed by atoms with Crippen LogP contribution in [0.15, 0.2) is 74.7 Å². The van der Waals surface area contributed by atoms with Gasteiger partial charge in [-0.15, -0.1) is 0 Å². The third-order valence-electron chi connectivity index (χ3n) is 3.63. The number of carbonyl (C=O) groups is 1. The first-order valence-corrected chi connectivity index (χ1v) is 9.04. The number of benzene rings is 2. The van der Waals surface area contributed by atoms with Crippen LogP contribution in [0.4, 0.5) is 0 Å². The third kappa shape index (κ3) is 3.08. The molecule has 122 valence electrons. The quantitative estimate of drug-likeness (QED) is 0.757. The lowest BCUT2D eigenvalue weighted by Gasteiger charge is -2.20. The highest BCUT2D eigenvalue weighted by Gasteiger charge is 2.35. The molecule has 2 aromatic carbocycles. The van der Waals surface area contributed by atoms with E-state index in [1.807, 2.05) is 54.6 Å². The molecule has 0 spiro atoms. The van der Waals surface area contributed by atoms with Gasteiger partial charge in [-0.25, -0.2) is 0 Å². The first kappa shape index (κ1) is 16.0. The van der Waals surface area contributed by atoms with Gasteiger partial charge in [-0.3, -0.25) is 10.2 Å². The van der Waals surface area contributed by atoms with E-state index in [-0.39, 0.29) is 11.4 Å². The summed E-state index contributed by atoms with van der Waals surface area (Å²) in [6.45, 7) is 0. The van der Waals surface area contributed by atoms with Crippen molar-refractivity contribution in [2.24, 2.45) is 10.1 Å². The minimum absolute atomic E-state index is 0.0356. The maximum absolute atomic E-state index is 12.4. The van der Waals surface area contributed by atoms with Crippen LogP contribution < -0.4 is 0 Å². The zero-order valence-electron chi connectivity index (χ0n) is 12.8. The molecule has 0 bridgehead atoms. The molecule has 25 heavy (non-hydrogen) atoms. The van der Waals surface area contributed by atoms with Crippen LogP contribution >= 0.6 is 27.7 Å². The average Bonchev–Trinajstić information content (AvgIpc) is 3.04. The number of thioether (sulfide) groups is 1. The Labute approximate surface area is 156 Å². The molecular formula is C18H11BrN4OS. The number of carbonyl (C=O) groups excluding carboxylic acids is 1. The standard InChI is InChI=1S/C18H11BrN4OS/c19-13-8-4-5-11(9-13)10-14-15(20)23-18(21-16(14)24)25-17(22-23)12-6-2-1-3-7-12/h1-10,20H. The van der Waals surface area contributed by atoms with E-state index < -0.39 is 5.91 Å². The zero-order valence-corrected chi connectivity index (χ0v) is 15.2. The van der Waals surface area contributed by atoms with Crippen molar-refractivity contribution < 1.29 is 4.79 Å². The second-order valence-electron chi connectivity index (χ2n) is 5.35. The highest BCUT2D eigenvalue weighted by atomic mass is 79.9. The summed E-state index contributed by atoms with van der Waals surface area (Å²) < 4.78 is 0.905. The van der Waals surface area contributed by atoms with Gasteiger partial charge in [-0.2, -0.15) is 15.1 Å². The van der Waals surface area contributed by atoms with Crippen molar-refractivity contribution in [2.45, 2.75) is 0 Å². The monoisotopic (exact) mass is 410 g/mol. The van der Waals surface area contributed by atoms with Crippen LogP contribution in [0.25, 0.3) is 6.08 Å². The summed E-state index contributed by atoms with van der Waals surface area (Å²) in [6.07, 6.45) is 1.66. The molecule has 2 aromatic rings. The average molecular weight is 411 g/mol. The maximum atomic E-state index is 12.4. The fourth-order valence-corrected chi connectivity index (χ4v) is 3.77. The zero-order chi connectivity index (χ0) is 17.4. The number of aliphatic imine (C=N–C) groups is 1. The molecular weight excluding hydrogens is 400 g/mol. The summed E-state index contributed by atoms with van der Waals surface area (Å²) in [5.41, 5.74) is 1.98. The van der Waals surface area contributed by atoms with Gasteiger partial charge in [0.15, 0.2) is 5.84 Å². The van der Waals surface area contributed by atoms with Gasteiger partial charge in [0.2, 0.25) is 5.17 Å². The molecule has 2 heterocycles. The number of amidine groups is 2. The SMILES string of the molecule is N=C1C(=Cc2cccc(Br)c2)C(=O)N=C2SC(c3ccccc3)=NN12. The molecule has 4 rings (SSSR count). The predicted octanol–water partition coefficient (Wildman–Crippen LogP) is 4.12. The number of rotatable bonds is 2. The van der Waals surface area contributed by atoms with Gasteiger partial charge in [0.1, 0.15) is 5.04 Å². The van der Waals surface area contributed by atoms with Crippen LogP contribution in [0.2, 0.25) is 0 Å². The van der Waals surface area contributed by atoms with Crippen LogP contribution in [0, 0.1) is 5.41 Å². The molecule has 1 N–H and O–H groups in total. The van der Waals surface area contributed by atoms with E-state index in [2.05, 4.69) is 26.0 Å². The topological polar surface area (TPSA) is 68.9 Å². The van der Waals surface area contributed by atoms with E-state index >= 15 is 0 Å². The summed E-state index contributed by atoms with van der Waals surface area (Å²) in [7, 11) is 0. The van der Waals surface area contributed by atoms with Crippen molar-refractivity contribution in [3.63, 3.8) is 0 Å². The summed E-state index contributed by atoms with van der Waals surface area (Å²) >= 11 is 4.70. The number of hydrogen-bond donors (Lipinski definition) is 1. The number of halogens is 1. The van der Waals surface area contributed by atoms with Crippen LogP contribution in [0.3, 0.4) is 0 Å². The first-order chi connectivity index (χ1) is 12.1. The van der Waals surface area contributed by atoms with Crippen molar-refractivity contribution in [3.05, 3.63) is 75.8 Å². The number of hydrogen-bond acceptors (Lipinski definition) is 4. The Morgan fingerprint density at radius 3 is 2.68 bits per heavy atom. The van der Waals surface area contributed by atoms with Crippen molar-refractivity contribution in [1.29, 1.82) is 5.41 Å². The van der Waals surface area contributed by atoms with Gasteiger partial charge in [0, 0.05) is 10.0 Å². The van der Waals surface area contributed by atoms with Crippen molar-refractivity contribution in [1.82, 2.24) is 5.01 Å². The summed E-state index contributed by atoms with van der Waals surface area (Å²) in [6, 6.07) is 17.2. The second-order valence-corrected chi connectivity index (χ2v) is 7.22. The Morgan fingerprint density at radius 2 is 1.92 bits per heavy atom. The van der Waals surface area contributed by atoms with E-state index in [1.165, 1.54) is 16.8 Å². The molecule has 0 aromatic heterocycles. The molecule has 2 aliphatic heterocycles. The van der Waals surface area contributed by atoms with Gasteiger partial charge in [0.05, 0.1) is 5.57 Å². The minimum atomic E-state index is -0.423. The van der Waals surface area contributed by atoms with Gasteiger partial charge < -0.3 is 0 Å². The third-order valence-corrected chi connectivity index (χ3v) is 5.09. The number of hydrazone groups is 1. The molecule has 0 radical (unpaired) electrons. The molecule has 1 amide bonds. The maximum Gasteiger partial charge on any atom is 0.283 e. The lowest BCUT2D eigenvalue weighted by Crippen LogP contribution is -2.35. The van der Waals surface area contributed by atoms with E-state index in [0.717, 1.165) is 20.6 Å². The number of nitrogens with one attached hydrogen (secondary N) is 1. The fraction of sp³-hybridized carbons (Fsp3) is 0. The molecule has 7 heteroatoms. The van der Waals surface area contributed by atoms with Crippen LogP contribution in [-0.4, -0.2) is 27.0 Å². The minimum Gasteiger partial charge on any atom is -0.282 e. The number of nitrogens with zero attached hydrogens (tertiary/aromatic N) is 3. The Bertz CT molecular complexity index is 982. The van der Waals surface area contributed by atoms with Crippen LogP contribution in [0.5, 0.6) is 0 Å². The smallest absolute Gasteiger partial charge is 0.282 e. The lowest BCUT2D eigenvalue weighted by molar-refractivity contribution is -0.114. The Morgan fingerprint density at radius 1 is 1.12 bits per heavy atom. The second kappa shape index (κ2) is 6.42. The molecule has 0 unspecified atom stereocenters. The number of fused-ring (bicyclic) bond motifs is 1. The van der Waals surface area contributed by atoms with E-state index in [4.69, 9.17) is 5.41 Å². The molecule has 0 aliphatic carbocycles. The fourth-order valence-electron chi connectivity index (χ4n) is 2.45. The van der Waals surface area contributed by atoms with E-state index in [1.54, 1.807) is 6.08 Å². The van der Waals surface area contributed by atoms with Gasteiger partial charge in [-0.1, -0.05) is 58.4 Å². The van der Waals surface area contributed by atoms with E-state index in [9.17, 15) is 4.79 Å². The van der Waals surface area contributed by atoms with Crippen molar-refractivity contribution in [2.75, 3.05) is 0 Å². The lowest BCUT2D eigenvalue weighted by atomic mass is 10.1. The summed E-state index contributed by atoms with van der Waals surface area (Å²) in [5, 5.41) is 15.4. The summed E-state index contributed by atoms with van der Waals surface area (Å²) in [5.74, 6) is -0.387. The number of amides is 1. The Balaban J connectivity index is 1.71. The summed E-state index contributed by atoms with van der Waals surface area (Å²) in [4.78, 5) is 16.5. The predicted molar refractivity (Wildman–Crippen MR) is 105 cm³/mol. The molecule has 0 atom stereocenters. The molecule has 5 nitrogen and oxygen atoms in total. The van der Waals surface area contributed by atoms with Gasteiger partial charge in [-0.05, 0) is 35.5 Å². The van der Waals surface area contributed by atoms with Crippen molar-refractivity contribution in [3.8, 4) is 0 Å². The van der Waals surface area contributed by atoms with Crippen LogP contribution in [-0.2, 0) is 4.79 Å². The van der Waals surface area contributed by atoms with Gasteiger partial charge in [0.25, 0.3) is 5.91 Å². The molecule has 0 saturated heterocycles. The Kier molecular flexibility index (Phi) is 4.10. The molecule has 0 fully saturated rings. The van der Waals surface area contributed by atoms with Gasteiger partial charge >= 0.3 is 0 Å². The Hall–Kier alpha value is -2.51. The highest BCUT2D eigenvalue weighted by Crippen LogP contribution is 2.30.